The third kappa shape index (κ3) is 4.36. The number of aromatic nitrogens is 1. The van der Waals surface area contributed by atoms with Gasteiger partial charge in [-0.3, -0.25) is 0 Å². The lowest BCUT2D eigenvalue weighted by Crippen LogP contribution is -2.21. The van der Waals surface area contributed by atoms with Gasteiger partial charge in [-0.05, 0) is 45.9 Å². The molecule has 6 nitrogen and oxygen atoms in total. The minimum Gasteiger partial charge on any atom is -0.406 e. The molecule has 1 aromatic heterocycles. The van der Waals surface area contributed by atoms with Crippen molar-refractivity contribution < 1.29 is 18.3 Å². The maximum absolute atomic E-state index is 13.1. The molecule has 7 heteroatoms. The smallest absolute Gasteiger partial charge is 0.406 e. The molecule has 0 N–H and O–H groups in total. The number of hydrogen-bond acceptors (Lipinski definition) is 5. The summed E-state index contributed by atoms with van der Waals surface area (Å²) < 4.78 is 23.2. The number of carbonyl (C=O) groups is 1. The first-order valence-corrected chi connectivity index (χ1v) is 6.95. The topological polar surface area (TPSA) is 73.8 Å². The van der Waals surface area contributed by atoms with Crippen LogP contribution in [0.4, 0.5) is 9.18 Å². The summed E-state index contributed by atoms with van der Waals surface area (Å²) in [5, 5.41) is 0.0463. The Labute approximate surface area is 131 Å². The second kappa shape index (κ2) is 6.16. The molecule has 1 aromatic carbocycles. The maximum Gasteiger partial charge on any atom is 0.728 e. The lowest BCUT2D eigenvalue weighted by molar-refractivity contribution is 0.0664. The SMILES string of the molecule is CC(C#[N+]C(=O)OC(C)(C)C)c1nc2ccc(F)cc2c(=O)o1. The molecule has 1 unspecified atom stereocenters. The Morgan fingerprint density at radius 2 is 2.13 bits per heavy atom. The van der Waals surface area contributed by atoms with Crippen LogP contribution >= 0.6 is 0 Å². The zero-order chi connectivity index (χ0) is 17.2. The van der Waals surface area contributed by atoms with Crippen molar-refractivity contribution in [2.75, 3.05) is 0 Å². The molecule has 0 aliphatic carbocycles. The summed E-state index contributed by atoms with van der Waals surface area (Å²) in [4.78, 5) is 31.0. The zero-order valence-corrected chi connectivity index (χ0v) is 13.2. The molecule has 0 saturated heterocycles. The fraction of sp³-hybridized carbons (Fsp3) is 0.375. The summed E-state index contributed by atoms with van der Waals surface area (Å²) in [7, 11) is 0. The van der Waals surface area contributed by atoms with Gasteiger partial charge in [0.05, 0.1) is 15.7 Å². The molecular formula is C16H16FN2O4+. The van der Waals surface area contributed by atoms with Gasteiger partial charge in [-0.2, -0.15) is 4.79 Å². The second-order valence-electron chi connectivity index (χ2n) is 5.94. The summed E-state index contributed by atoms with van der Waals surface area (Å²) in [5.41, 5.74) is -1.08. The van der Waals surface area contributed by atoms with E-state index in [1.54, 1.807) is 27.7 Å². The number of ether oxygens (including phenoxy) is 1. The molecule has 0 aliphatic rings. The quantitative estimate of drug-likeness (QED) is 0.801. The predicted molar refractivity (Wildman–Crippen MR) is 82.1 cm³/mol. The van der Waals surface area contributed by atoms with Gasteiger partial charge in [-0.25, -0.2) is 14.2 Å². The Bertz CT molecular complexity index is 871. The van der Waals surface area contributed by atoms with Crippen molar-refractivity contribution in [3.63, 3.8) is 0 Å². The maximum atomic E-state index is 13.1. The van der Waals surface area contributed by atoms with Crippen molar-refractivity contribution in [2.24, 2.45) is 0 Å². The summed E-state index contributed by atoms with van der Waals surface area (Å²) in [6.07, 6.45) is -0.797. The molecule has 1 atom stereocenters. The van der Waals surface area contributed by atoms with Gasteiger partial charge in [0, 0.05) is 0 Å². The molecule has 0 fully saturated rings. The lowest BCUT2D eigenvalue weighted by atomic mass is 10.2. The van der Waals surface area contributed by atoms with E-state index in [1.807, 2.05) is 0 Å². The van der Waals surface area contributed by atoms with E-state index in [4.69, 9.17) is 9.15 Å². The van der Waals surface area contributed by atoms with Gasteiger partial charge in [-0.1, -0.05) is 0 Å². The fourth-order valence-corrected chi connectivity index (χ4v) is 1.74. The van der Waals surface area contributed by atoms with E-state index in [-0.39, 0.29) is 11.3 Å². The number of benzene rings is 1. The molecule has 2 rings (SSSR count). The van der Waals surface area contributed by atoms with Crippen molar-refractivity contribution in [3.8, 4) is 6.07 Å². The van der Waals surface area contributed by atoms with Crippen LogP contribution < -0.4 is 5.63 Å². The molecule has 2 aromatic rings. The van der Waals surface area contributed by atoms with E-state index >= 15 is 0 Å². The number of hydrogen-bond donors (Lipinski definition) is 0. The largest absolute Gasteiger partial charge is 0.728 e. The Hall–Kier alpha value is -2.75. The number of amides is 1. The number of halogens is 1. The monoisotopic (exact) mass is 319 g/mol. The van der Waals surface area contributed by atoms with Crippen molar-refractivity contribution >= 4 is 17.0 Å². The van der Waals surface area contributed by atoms with Crippen molar-refractivity contribution in [1.29, 1.82) is 0 Å². The van der Waals surface area contributed by atoms with Gasteiger partial charge in [0.1, 0.15) is 11.4 Å². The normalized spacial score (nSPS) is 12.4. The minimum atomic E-state index is -0.797. The van der Waals surface area contributed by atoms with Gasteiger partial charge in [-0.15, -0.1) is 0 Å². The highest BCUT2D eigenvalue weighted by atomic mass is 19.1. The summed E-state index contributed by atoms with van der Waals surface area (Å²) in [6.45, 7) is 6.75. The molecule has 1 amide bonds. The third-order valence-corrected chi connectivity index (χ3v) is 2.72. The van der Waals surface area contributed by atoms with Crippen LogP contribution in [0, 0.1) is 11.9 Å². The van der Waals surface area contributed by atoms with Crippen LogP contribution in [0.5, 0.6) is 0 Å². The van der Waals surface area contributed by atoms with E-state index < -0.39 is 29.1 Å². The van der Waals surface area contributed by atoms with E-state index in [0.717, 1.165) is 6.07 Å². The Balaban J connectivity index is 2.29. The third-order valence-electron chi connectivity index (χ3n) is 2.72. The van der Waals surface area contributed by atoms with Crippen LogP contribution in [0.2, 0.25) is 0 Å². The molecule has 0 radical (unpaired) electrons. The lowest BCUT2D eigenvalue weighted by Gasteiger charge is -2.12. The molecule has 0 saturated carbocycles. The molecule has 120 valence electrons. The van der Waals surface area contributed by atoms with Crippen LogP contribution in [0.3, 0.4) is 0 Å². The number of nitrogens with zero attached hydrogens (tertiary/aromatic N) is 2. The van der Waals surface area contributed by atoms with Crippen LogP contribution in [0.15, 0.2) is 27.4 Å². The molecular weight excluding hydrogens is 303 g/mol. The molecule has 23 heavy (non-hydrogen) atoms. The number of carbonyl (C=O) groups excluding carboxylic acids is 1. The molecule has 0 aliphatic heterocycles. The highest BCUT2D eigenvalue weighted by Gasteiger charge is 2.25. The van der Waals surface area contributed by atoms with Gasteiger partial charge in [0.25, 0.3) is 0 Å². The van der Waals surface area contributed by atoms with E-state index in [9.17, 15) is 14.0 Å². The van der Waals surface area contributed by atoms with Gasteiger partial charge >= 0.3 is 17.8 Å². The highest BCUT2D eigenvalue weighted by molar-refractivity contribution is 5.79. The Morgan fingerprint density at radius 3 is 2.78 bits per heavy atom. The first kappa shape index (κ1) is 16.6. The summed E-state index contributed by atoms with van der Waals surface area (Å²) in [6, 6.07) is 6.14. The average molecular weight is 319 g/mol. The van der Waals surface area contributed by atoms with Crippen LogP contribution in [-0.2, 0) is 4.74 Å². The fourth-order valence-electron chi connectivity index (χ4n) is 1.74. The molecule has 0 spiro atoms. The van der Waals surface area contributed by atoms with Gasteiger partial charge in [0.15, 0.2) is 5.92 Å². The van der Waals surface area contributed by atoms with Gasteiger partial charge < -0.3 is 9.15 Å². The average Bonchev–Trinajstić information content (AvgIpc) is 2.43. The second-order valence-corrected chi connectivity index (χ2v) is 5.94. The number of rotatable bonds is 1. The van der Waals surface area contributed by atoms with Gasteiger partial charge in [0.2, 0.25) is 5.89 Å². The standard InChI is InChI=1S/C16H16FN2O4/c1-9(8-18-15(21)23-16(2,3)4)13-19-12-6-5-10(17)7-11(12)14(20)22-13/h5-7,9H,1-4H3/q+1. The van der Waals surface area contributed by atoms with Crippen LogP contribution in [0.1, 0.15) is 39.5 Å². The highest BCUT2D eigenvalue weighted by Crippen LogP contribution is 2.16. The zero-order valence-electron chi connectivity index (χ0n) is 13.2. The minimum absolute atomic E-state index is 0.0291. The molecule has 1 heterocycles. The van der Waals surface area contributed by atoms with Crippen molar-refractivity contribution in [2.45, 2.75) is 39.2 Å². The van der Waals surface area contributed by atoms with Crippen LogP contribution in [-0.4, -0.2) is 16.7 Å². The van der Waals surface area contributed by atoms with E-state index in [2.05, 4.69) is 15.9 Å². The van der Waals surface area contributed by atoms with Crippen molar-refractivity contribution in [3.05, 3.63) is 45.2 Å². The van der Waals surface area contributed by atoms with E-state index in [1.165, 1.54) is 12.1 Å². The predicted octanol–water partition coefficient (Wildman–Crippen LogP) is 3.70. The first-order chi connectivity index (χ1) is 10.7. The first-order valence-electron chi connectivity index (χ1n) is 6.95. The van der Waals surface area contributed by atoms with Crippen molar-refractivity contribution in [1.82, 2.24) is 4.98 Å². The Morgan fingerprint density at radius 1 is 1.43 bits per heavy atom. The number of fused-ring (bicyclic) bond motifs is 1. The van der Waals surface area contributed by atoms with E-state index in [0.29, 0.717) is 5.52 Å². The summed E-state index contributed by atoms with van der Waals surface area (Å²) >= 11 is 0. The summed E-state index contributed by atoms with van der Waals surface area (Å²) in [5.74, 6) is -1.17. The van der Waals surface area contributed by atoms with Crippen LogP contribution in [0.25, 0.3) is 15.7 Å². The Kier molecular flexibility index (Phi) is 4.45. The molecule has 0 bridgehead atoms.